The van der Waals surface area contributed by atoms with Gasteiger partial charge in [-0.3, -0.25) is 14.9 Å². The quantitative estimate of drug-likeness (QED) is 0.478. The van der Waals surface area contributed by atoms with Crippen LogP contribution in [0, 0.1) is 17.0 Å². The largest absolute Gasteiger partial charge is 0.328 e. The predicted octanol–water partition coefficient (Wildman–Crippen LogP) is 1.82. The SMILES string of the molecule is Cc1ccc(C(=O)CC(C)N)cc1[N+](=O)[O-]. The lowest BCUT2D eigenvalue weighted by molar-refractivity contribution is -0.385. The van der Waals surface area contributed by atoms with E-state index in [1.54, 1.807) is 26.0 Å². The van der Waals surface area contributed by atoms with Crippen LogP contribution >= 0.6 is 0 Å². The fourth-order valence-electron chi connectivity index (χ4n) is 1.39. The Labute approximate surface area is 93.4 Å². The average molecular weight is 222 g/mol. The minimum absolute atomic E-state index is 0.0319. The Morgan fingerprint density at radius 3 is 2.69 bits per heavy atom. The van der Waals surface area contributed by atoms with Gasteiger partial charge in [-0.25, -0.2) is 0 Å². The summed E-state index contributed by atoms with van der Waals surface area (Å²) < 4.78 is 0. The predicted molar refractivity (Wildman–Crippen MR) is 60.4 cm³/mol. The molecule has 5 nitrogen and oxygen atoms in total. The summed E-state index contributed by atoms with van der Waals surface area (Å²) in [5.41, 5.74) is 6.36. The molecule has 0 amide bonds. The van der Waals surface area contributed by atoms with Crippen molar-refractivity contribution >= 4 is 11.5 Å². The molecule has 0 fully saturated rings. The Balaban J connectivity index is 3.03. The molecule has 86 valence electrons. The van der Waals surface area contributed by atoms with E-state index in [1.807, 2.05) is 0 Å². The molecule has 0 saturated carbocycles. The van der Waals surface area contributed by atoms with Crippen molar-refractivity contribution in [2.45, 2.75) is 26.3 Å². The highest BCUT2D eigenvalue weighted by Crippen LogP contribution is 2.20. The molecule has 1 aromatic carbocycles. The summed E-state index contributed by atoms with van der Waals surface area (Å²) in [5, 5.41) is 10.7. The highest BCUT2D eigenvalue weighted by molar-refractivity contribution is 5.97. The van der Waals surface area contributed by atoms with Crippen LogP contribution in [0.4, 0.5) is 5.69 Å². The van der Waals surface area contributed by atoms with Gasteiger partial charge in [-0.15, -0.1) is 0 Å². The van der Waals surface area contributed by atoms with Gasteiger partial charge < -0.3 is 5.73 Å². The van der Waals surface area contributed by atoms with Gasteiger partial charge in [0, 0.05) is 29.7 Å². The minimum Gasteiger partial charge on any atom is -0.328 e. The van der Waals surface area contributed by atoms with E-state index in [-0.39, 0.29) is 23.9 Å². The number of aryl methyl sites for hydroxylation is 1. The number of nitro benzene ring substituents is 1. The van der Waals surface area contributed by atoms with Crippen LogP contribution in [0.15, 0.2) is 18.2 Å². The molecule has 5 heteroatoms. The average Bonchev–Trinajstić information content (AvgIpc) is 2.16. The van der Waals surface area contributed by atoms with Gasteiger partial charge >= 0.3 is 0 Å². The second-order valence-electron chi connectivity index (χ2n) is 3.86. The smallest absolute Gasteiger partial charge is 0.273 e. The topological polar surface area (TPSA) is 86.2 Å². The molecule has 0 aromatic heterocycles. The Morgan fingerprint density at radius 2 is 2.19 bits per heavy atom. The van der Waals surface area contributed by atoms with E-state index in [9.17, 15) is 14.9 Å². The molecule has 16 heavy (non-hydrogen) atoms. The lowest BCUT2D eigenvalue weighted by atomic mass is 10.0. The van der Waals surface area contributed by atoms with Crippen molar-refractivity contribution in [3.05, 3.63) is 39.4 Å². The zero-order valence-corrected chi connectivity index (χ0v) is 9.27. The maximum absolute atomic E-state index is 11.6. The summed E-state index contributed by atoms with van der Waals surface area (Å²) in [6.07, 6.45) is 0.195. The second kappa shape index (κ2) is 4.85. The number of nitro groups is 1. The van der Waals surface area contributed by atoms with Crippen molar-refractivity contribution in [3.8, 4) is 0 Å². The minimum atomic E-state index is -0.488. The highest BCUT2D eigenvalue weighted by atomic mass is 16.6. The molecule has 1 aromatic rings. The van der Waals surface area contributed by atoms with E-state index in [0.29, 0.717) is 11.1 Å². The van der Waals surface area contributed by atoms with Crippen molar-refractivity contribution in [1.29, 1.82) is 0 Å². The van der Waals surface area contributed by atoms with Gasteiger partial charge in [0.1, 0.15) is 0 Å². The molecule has 0 saturated heterocycles. The third kappa shape index (κ3) is 2.87. The molecule has 0 bridgehead atoms. The van der Waals surface area contributed by atoms with E-state index in [0.717, 1.165) is 0 Å². The van der Waals surface area contributed by atoms with E-state index in [2.05, 4.69) is 0 Å². The monoisotopic (exact) mass is 222 g/mol. The van der Waals surface area contributed by atoms with E-state index < -0.39 is 4.92 Å². The first-order valence-electron chi connectivity index (χ1n) is 4.95. The Kier molecular flexibility index (Phi) is 3.73. The van der Waals surface area contributed by atoms with Crippen molar-refractivity contribution in [2.24, 2.45) is 5.73 Å². The van der Waals surface area contributed by atoms with Crippen LogP contribution in [0.1, 0.15) is 29.3 Å². The van der Waals surface area contributed by atoms with Gasteiger partial charge in [0.05, 0.1) is 4.92 Å². The summed E-state index contributed by atoms with van der Waals surface area (Å²) >= 11 is 0. The molecule has 0 heterocycles. The van der Waals surface area contributed by atoms with Crippen LogP contribution in [0.25, 0.3) is 0 Å². The van der Waals surface area contributed by atoms with Gasteiger partial charge in [-0.05, 0) is 13.8 Å². The number of rotatable bonds is 4. The van der Waals surface area contributed by atoms with Gasteiger partial charge in [0.25, 0.3) is 5.69 Å². The normalized spacial score (nSPS) is 12.2. The summed E-state index contributed by atoms with van der Waals surface area (Å²) in [7, 11) is 0. The standard InChI is InChI=1S/C11H14N2O3/c1-7-3-4-9(6-10(7)13(15)16)11(14)5-8(2)12/h3-4,6,8H,5,12H2,1-2H3. The molecule has 0 spiro atoms. The number of hydrogen-bond acceptors (Lipinski definition) is 4. The van der Waals surface area contributed by atoms with Crippen LogP contribution in [-0.4, -0.2) is 16.7 Å². The number of carbonyl (C=O) groups is 1. The van der Waals surface area contributed by atoms with Crippen molar-refractivity contribution in [3.63, 3.8) is 0 Å². The Morgan fingerprint density at radius 1 is 1.56 bits per heavy atom. The molecular weight excluding hydrogens is 208 g/mol. The van der Waals surface area contributed by atoms with Gasteiger partial charge in [0.15, 0.2) is 5.78 Å². The lowest BCUT2D eigenvalue weighted by Gasteiger charge is -2.05. The van der Waals surface area contributed by atoms with E-state index >= 15 is 0 Å². The van der Waals surface area contributed by atoms with Gasteiger partial charge in [0.2, 0.25) is 0 Å². The number of Topliss-reactive ketones (excluding diaryl/α,β-unsaturated/α-hetero) is 1. The third-order valence-electron chi connectivity index (χ3n) is 2.24. The van der Waals surface area contributed by atoms with Crippen LogP contribution in [0.2, 0.25) is 0 Å². The third-order valence-corrected chi connectivity index (χ3v) is 2.24. The van der Waals surface area contributed by atoms with Crippen LogP contribution < -0.4 is 5.73 Å². The molecule has 1 atom stereocenters. The summed E-state index contributed by atoms with van der Waals surface area (Å²) in [4.78, 5) is 21.8. The number of nitrogens with zero attached hydrogens (tertiary/aromatic N) is 1. The van der Waals surface area contributed by atoms with Crippen molar-refractivity contribution < 1.29 is 9.72 Å². The first-order valence-corrected chi connectivity index (χ1v) is 4.95. The maximum atomic E-state index is 11.6. The second-order valence-corrected chi connectivity index (χ2v) is 3.86. The molecule has 2 N–H and O–H groups in total. The first kappa shape index (κ1) is 12.3. The number of benzene rings is 1. The number of ketones is 1. The van der Waals surface area contributed by atoms with Crippen LogP contribution in [0.5, 0.6) is 0 Å². The summed E-state index contributed by atoms with van der Waals surface area (Å²) in [6, 6.07) is 4.23. The fraction of sp³-hybridized carbons (Fsp3) is 0.364. The van der Waals surface area contributed by atoms with Crippen molar-refractivity contribution in [1.82, 2.24) is 0 Å². The molecule has 0 aliphatic rings. The van der Waals surface area contributed by atoms with Crippen LogP contribution in [0.3, 0.4) is 0 Å². The first-order chi connectivity index (χ1) is 7.41. The molecule has 0 aliphatic carbocycles. The molecular formula is C11H14N2O3. The van der Waals surface area contributed by atoms with Crippen LogP contribution in [-0.2, 0) is 0 Å². The molecule has 0 aliphatic heterocycles. The zero-order valence-electron chi connectivity index (χ0n) is 9.27. The van der Waals surface area contributed by atoms with Crippen molar-refractivity contribution in [2.75, 3.05) is 0 Å². The fourth-order valence-corrected chi connectivity index (χ4v) is 1.39. The Bertz CT molecular complexity index is 427. The molecule has 0 radical (unpaired) electrons. The maximum Gasteiger partial charge on any atom is 0.273 e. The number of hydrogen-bond donors (Lipinski definition) is 1. The highest BCUT2D eigenvalue weighted by Gasteiger charge is 2.15. The summed E-state index contributed by atoms with van der Waals surface area (Å²) in [6.45, 7) is 3.36. The molecule has 1 rings (SSSR count). The van der Waals surface area contributed by atoms with E-state index in [4.69, 9.17) is 5.73 Å². The van der Waals surface area contributed by atoms with Gasteiger partial charge in [-0.2, -0.15) is 0 Å². The summed E-state index contributed by atoms with van der Waals surface area (Å²) in [5.74, 6) is -0.168. The Hall–Kier alpha value is -1.75. The number of carbonyl (C=O) groups excluding carboxylic acids is 1. The van der Waals surface area contributed by atoms with Gasteiger partial charge in [-0.1, -0.05) is 12.1 Å². The zero-order chi connectivity index (χ0) is 12.3. The molecule has 1 unspecified atom stereocenters. The van der Waals surface area contributed by atoms with E-state index in [1.165, 1.54) is 6.07 Å². The lowest BCUT2D eigenvalue weighted by Crippen LogP contribution is -2.19. The number of nitrogens with two attached hydrogens (primary N) is 1.